The van der Waals surface area contributed by atoms with Crippen LogP contribution >= 0.6 is 7.49 Å². The Morgan fingerprint density at radius 2 is 1.82 bits per heavy atom. The summed E-state index contributed by atoms with van der Waals surface area (Å²) < 4.78 is 12.6. The number of benzene rings is 2. The van der Waals surface area contributed by atoms with Gasteiger partial charge in [0.2, 0.25) is 0 Å². The van der Waals surface area contributed by atoms with E-state index in [9.17, 15) is 4.79 Å². The SMILES string of the molecule is O=C(O)C/C=C/CC12CC[PH](c3cccc(Oc4ccccc4)c3)(CC1)OC2. The topological polar surface area (TPSA) is 55.8 Å². The number of carboxylic acid groups (broad SMARTS) is 1. The van der Waals surface area contributed by atoms with Crippen molar-refractivity contribution in [3.63, 3.8) is 0 Å². The van der Waals surface area contributed by atoms with Gasteiger partial charge < -0.3 is 0 Å². The quantitative estimate of drug-likeness (QED) is 0.527. The molecule has 0 aromatic heterocycles. The summed E-state index contributed by atoms with van der Waals surface area (Å²) in [6, 6.07) is 18.3. The first kappa shape index (κ1) is 19.2. The van der Waals surface area contributed by atoms with Crippen LogP contribution in [0, 0.1) is 5.41 Å². The summed E-state index contributed by atoms with van der Waals surface area (Å²) in [4.78, 5) is 10.7. The maximum atomic E-state index is 10.7. The zero-order valence-corrected chi connectivity index (χ0v) is 17.0. The Labute approximate surface area is 166 Å². The molecule has 3 fully saturated rings. The second-order valence-electron chi connectivity index (χ2n) is 8.00. The van der Waals surface area contributed by atoms with Crippen molar-refractivity contribution in [2.24, 2.45) is 5.41 Å². The summed E-state index contributed by atoms with van der Waals surface area (Å²) >= 11 is 0. The first-order valence-corrected chi connectivity index (χ1v) is 12.3. The second kappa shape index (κ2) is 8.06. The van der Waals surface area contributed by atoms with Gasteiger partial charge in [-0.1, -0.05) is 0 Å². The summed E-state index contributed by atoms with van der Waals surface area (Å²) in [6.45, 7) is 0.792. The summed E-state index contributed by atoms with van der Waals surface area (Å²) in [7, 11) is -1.93. The van der Waals surface area contributed by atoms with Crippen molar-refractivity contribution < 1.29 is 19.2 Å². The Balaban J connectivity index is 1.43. The van der Waals surface area contributed by atoms with E-state index in [1.807, 2.05) is 42.5 Å². The molecule has 5 rings (SSSR count). The van der Waals surface area contributed by atoms with Crippen molar-refractivity contribution in [2.75, 3.05) is 18.9 Å². The summed E-state index contributed by atoms with van der Waals surface area (Å²) in [5, 5.41) is 10.1. The molecule has 3 aliphatic heterocycles. The molecule has 1 N–H and O–H groups in total. The molecule has 2 aromatic carbocycles. The Morgan fingerprint density at radius 3 is 2.50 bits per heavy atom. The van der Waals surface area contributed by atoms with E-state index in [0.29, 0.717) is 0 Å². The molecule has 0 radical (unpaired) electrons. The number of carbonyl (C=O) groups is 1. The second-order valence-corrected chi connectivity index (χ2v) is 11.9. The molecule has 28 heavy (non-hydrogen) atoms. The Morgan fingerprint density at radius 1 is 1.07 bits per heavy atom. The van der Waals surface area contributed by atoms with Gasteiger partial charge in [0.25, 0.3) is 0 Å². The average molecular weight is 398 g/mol. The van der Waals surface area contributed by atoms with Gasteiger partial charge in [0.15, 0.2) is 0 Å². The third-order valence-corrected chi connectivity index (χ3v) is 10.3. The van der Waals surface area contributed by atoms with Crippen LogP contribution in [-0.2, 0) is 9.32 Å². The molecule has 5 heteroatoms. The van der Waals surface area contributed by atoms with Gasteiger partial charge in [0.1, 0.15) is 0 Å². The minimum atomic E-state index is -1.93. The number of hydrogen-bond donors (Lipinski definition) is 1. The molecule has 2 aromatic rings. The summed E-state index contributed by atoms with van der Waals surface area (Å²) in [5.41, 5.74) is 0.196. The molecule has 3 aliphatic rings. The van der Waals surface area contributed by atoms with Crippen LogP contribution < -0.4 is 10.0 Å². The van der Waals surface area contributed by atoms with Gasteiger partial charge in [-0.2, -0.15) is 0 Å². The molecule has 2 bridgehead atoms. The van der Waals surface area contributed by atoms with Crippen molar-refractivity contribution in [3.05, 3.63) is 66.7 Å². The van der Waals surface area contributed by atoms with Crippen LogP contribution in [0.2, 0.25) is 0 Å². The van der Waals surface area contributed by atoms with E-state index < -0.39 is 13.5 Å². The molecular weight excluding hydrogens is 371 g/mol. The third-order valence-electron chi connectivity index (χ3n) is 6.12. The van der Waals surface area contributed by atoms with Gasteiger partial charge in [-0.05, 0) is 0 Å². The van der Waals surface area contributed by atoms with Gasteiger partial charge in [-0.3, -0.25) is 0 Å². The van der Waals surface area contributed by atoms with Gasteiger partial charge in [0.05, 0.1) is 0 Å². The summed E-state index contributed by atoms with van der Waals surface area (Å²) in [5.74, 6) is 0.939. The fraction of sp³-hybridized carbons (Fsp3) is 0.348. The first-order chi connectivity index (χ1) is 13.6. The van der Waals surface area contributed by atoms with Crippen LogP contribution in [0.1, 0.15) is 25.7 Å². The maximum absolute atomic E-state index is 10.7. The van der Waals surface area contributed by atoms with Gasteiger partial charge in [0, 0.05) is 0 Å². The van der Waals surface area contributed by atoms with Crippen molar-refractivity contribution in [1.29, 1.82) is 0 Å². The predicted octanol–water partition coefficient (Wildman–Crippen LogP) is 5.00. The van der Waals surface area contributed by atoms with E-state index >= 15 is 0 Å². The van der Waals surface area contributed by atoms with E-state index in [-0.39, 0.29) is 11.8 Å². The molecule has 0 amide bonds. The normalized spacial score (nSPS) is 24.1. The number of allylic oxidation sites excluding steroid dienone is 1. The molecule has 0 unspecified atom stereocenters. The number of ether oxygens (including phenoxy) is 1. The zero-order chi connectivity index (χ0) is 19.5. The summed E-state index contributed by atoms with van der Waals surface area (Å²) in [6.07, 6.45) is 9.43. The molecule has 0 aliphatic carbocycles. The number of aliphatic carboxylic acids is 1. The van der Waals surface area contributed by atoms with Crippen LogP contribution in [0.15, 0.2) is 66.7 Å². The predicted molar refractivity (Wildman–Crippen MR) is 114 cm³/mol. The van der Waals surface area contributed by atoms with E-state index in [1.165, 1.54) is 18.1 Å². The first-order valence-electron chi connectivity index (χ1n) is 9.94. The van der Waals surface area contributed by atoms with Crippen LogP contribution in [0.5, 0.6) is 11.5 Å². The standard InChI is InChI=1S/C23H27O4P/c24-22(25)11-4-5-12-23-13-15-28(16-14-23,26-18-23)21-10-6-9-20(17-21)27-19-7-2-1-3-8-19/h1-10,17,28H,11-16,18H2,(H,24,25)/b5-4+. The van der Waals surface area contributed by atoms with Crippen molar-refractivity contribution in [1.82, 2.24) is 0 Å². The van der Waals surface area contributed by atoms with Crippen LogP contribution in [0.3, 0.4) is 0 Å². The molecule has 0 atom stereocenters. The molecule has 4 nitrogen and oxygen atoms in total. The molecule has 3 heterocycles. The van der Waals surface area contributed by atoms with Crippen LogP contribution in [0.25, 0.3) is 0 Å². The average Bonchev–Trinajstić information content (AvgIpc) is 2.74. The fourth-order valence-corrected chi connectivity index (χ4v) is 8.92. The van der Waals surface area contributed by atoms with Gasteiger partial charge in [-0.25, -0.2) is 0 Å². The number of para-hydroxylation sites is 1. The van der Waals surface area contributed by atoms with Crippen LogP contribution in [-0.4, -0.2) is 30.0 Å². The fourth-order valence-electron chi connectivity index (χ4n) is 4.38. The molecule has 3 saturated heterocycles. The molecule has 148 valence electrons. The van der Waals surface area contributed by atoms with E-state index in [4.69, 9.17) is 14.4 Å². The monoisotopic (exact) mass is 398 g/mol. The minimum absolute atomic E-state index is 0.101. The molecule has 0 spiro atoms. The van der Waals surface area contributed by atoms with Gasteiger partial charge >= 0.3 is 166 Å². The Kier molecular flexibility index (Phi) is 5.52. The molecular formula is C23H27O4P. The van der Waals surface area contributed by atoms with Crippen molar-refractivity contribution in [3.8, 4) is 11.5 Å². The van der Waals surface area contributed by atoms with Crippen molar-refractivity contribution >= 4 is 18.8 Å². The number of carboxylic acids is 1. The van der Waals surface area contributed by atoms with Gasteiger partial charge in [-0.15, -0.1) is 0 Å². The number of rotatable bonds is 7. The van der Waals surface area contributed by atoms with Crippen LogP contribution in [0.4, 0.5) is 0 Å². The Bertz CT molecular complexity index is 837. The van der Waals surface area contributed by atoms with E-state index in [2.05, 4.69) is 18.2 Å². The molecule has 0 saturated carbocycles. The third kappa shape index (κ3) is 4.14. The number of hydrogen-bond acceptors (Lipinski definition) is 3. The van der Waals surface area contributed by atoms with E-state index in [0.717, 1.165) is 36.9 Å². The Hall–Kier alpha value is -2.16. The number of fused-ring (bicyclic) bond motifs is 3. The van der Waals surface area contributed by atoms with E-state index in [1.54, 1.807) is 6.08 Å². The van der Waals surface area contributed by atoms with Crippen molar-refractivity contribution in [2.45, 2.75) is 25.7 Å². The zero-order valence-electron chi connectivity index (χ0n) is 16.0.